The van der Waals surface area contributed by atoms with E-state index >= 15 is 0 Å². The fraction of sp³-hybridized carbons (Fsp3) is 0.600. The molecule has 1 aromatic heterocycles. The van der Waals surface area contributed by atoms with Crippen molar-refractivity contribution in [2.45, 2.75) is 163 Å². The number of hydrogen-bond acceptors (Lipinski definition) is 4. The predicted octanol–water partition coefficient (Wildman–Crippen LogP) is 11.5. The van der Waals surface area contributed by atoms with Crippen molar-refractivity contribution in [2.75, 3.05) is 6.61 Å². The number of hydrogen-bond donors (Lipinski definition) is 0. The normalized spacial score (nSPS) is 20.4. The summed E-state index contributed by atoms with van der Waals surface area (Å²) in [5.74, 6) is 1.10. The van der Waals surface area contributed by atoms with E-state index in [1.54, 1.807) is 0 Å². The molecule has 0 aliphatic carbocycles. The zero-order valence-electron chi connectivity index (χ0n) is 34.2. The molecule has 0 spiro atoms. The van der Waals surface area contributed by atoms with Crippen molar-refractivity contribution in [3.05, 3.63) is 65.2 Å². The Balaban J connectivity index is 1.74. The lowest BCUT2D eigenvalue weighted by Gasteiger charge is -2.33. The van der Waals surface area contributed by atoms with Crippen LogP contribution in [0.4, 0.5) is 0 Å². The van der Waals surface area contributed by atoms with Gasteiger partial charge in [-0.1, -0.05) is 93.9 Å². The van der Waals surface area contributed by atoms with Crippen molar-refractivity contribution in [1.82, 2.24) is 4.57 Å². The van der Waals surface area contributed by atoms with Crippen LogP contribution >= 0.6 is 0 Å². The SMILES string of the molecule is CCCC(c1cc(B2OC(C)(C)C(C)(C)O2)c(OC2CCCCO2)c(-n2c3ccc(C(C)(C)C)cc3c3cc(C(C)(C)C)ccc32)c1)C(C)(C)C. The maximum absolute atomic E-state index is 7.12. The molecule has 3 heterocycles. The Morgan fingerprint density at radius 3 is 1.78 bits per heavy atom. The highest BCUT2D eigenvalue weighted by Crippen LogP contribution is 2.45. The number of rotatable bonds is 7. The lowest BCUT2D eigenvalue weighted by Crippen LogP contribution is -2.41. The van der Waals surface area contributed by atoms with Gasteiger partial charge >= 0.3 is 7.12 Å². The van der Waals surface area contributed by atoms with Crippen LogP contribution < -0.4 is 10.2 Å². The average Bonchev–Trinajstić information content (AvgIpc) is 3.47. The summed E-state index contributed by atoms with van der Waals surface area (Å²) in [6.07, 6.45) is 4.81. The van der Waals surface area contributed by atoms with Crippen molar-refractivity contribution in [2.24, 2.45) is 5.41 Å². The smallest absolute Gasteiger partial charge is 0.463 e. The summed E-state index contributed by atoms with van der Waals surface area (Å²) in [5, 5.41) is 2.51. The van der Waals surface area contributed by atoms with E-state index in [-0.39, 0.29) is 22.5 Å². The van der Waals surface area contributed by atoms with E-state index in [0.717, 1.165) is 49.0 Å². The first kappa shape index (κ1) is 37.9. The molecule has 0 bridgehead atoms. The van der Waals surface area contributed by atoms with Gasteiger partial charge in [0.1, 0.15) is 5.75 Å². The molecule has 276 valence electrons. The number of nitrogens with zero attached hydrogens (tertiary/aromatic N) is 1. The van der Waals surface area contributed by atoms with Gasteiger partial charge in [0.25, 0.3) is 0 Å². The standard InChI is InChI=1S/C45H64BNO4/c1-15-18-34(43(8,9)10)29-25-35(46-50-44(11,12)45(13,14)51-46)40(49-39-19-16-17-24-48-39)38(26-29)47-36-22-20-30(41(2,3)4)27-32(36)33-28-31(42(5,6)7)21-23-37(33)47/h20-23,25-28,34,39H,15-19,24H2,1-14H3. The molecule has 5 nitrogen and oxygen atoms in total. The summed E-state index contributed by atoms with van der Waals surface area (Å²) in [5.41, 5.74) is 7.29. The lowest BCUT2D eigenvalue weighted by atomic mass is 9.70. The summed E-state index contributed by atoms with van der Waals surface area (Å²) in [6.45, 7) is 32.4. The molecule has 4 aromatic rings. The van der Waals surface area contributed by atoms with E-state index in [1.807, 2.05) is 0 Å². The van der Waals surface area contributed by atoms with Crippen LogP contribution in [0.15, 0.2) is 48.5 Å². The van der Waals surface area contributed by atoms with Crippen molar-refractivity contribution >= 4 is 34.4 Å². The van der Waals surface area contributed by atoms with Gasteiger partial charge in [0.15, 0.2) is 6.29 Å². The van der Waals surface area contributed by atoms with Crippen molar-refractivity contribution < 1.29 is 18.8 Å². The molecule has 2 fully saturated rings. The van der Waals surface area contributed by atoms with Crippen molar-refractivity contribution in [3.8, 4) is 11.4 Å². The molecule has 6 heteroatoms. The Bertz CT molecular complexity index is 1800. The number of aromatic nitrogens is 1. The minimum Gasteiger partial charge on any atom is -0.463 e. The highest BCUT2D eigenvalue weighted by molar-refractivity contribution is 6.63. The van der Waals surface area contributed by atoms with Crippen LogP contribution in [-0.4, -0.2) is 35.8 Å². The molecule has 2 aliphatic rings. The molecule has 0 saturated carbocycles. The van der Waals surface area contributed by atoms with Gasteiger partial charge in [-0.15, -0.1) is 0 Å². The third-order valence-corrected chi connectivity index (χ3v) is 11.8. The summed E-state index contributed by atoms with van der Waals surface area (Å²) in [7, 11) is -0.595. The minimum absolute atomic E-state index is 0.0147. The van der Waals surface area contributed by atoms with E-state index in [2.05, 4.69) is 150 Å². The Hall–Kier alpha value is -2.80. The molecular weight excluding hydrogens is 629 g/mol. The Labute approximate surface area is 308 Å². The van der Waals surface area contributed by atoms with Gasteiger partial charge in [-0.2, -0.15) is 0 Å². The summed E-state index contributed by atoms with van der Waals surface area (Å²) in [4.78, 5) is 0. The summed E-state index contributed by atoms with van der Waals surface area (Å²) < 4.78 is 29.6. The van der Waals surface area contributed by atoms with Crippen LogP contribution in [0.3, 0.4) is 0 Å². The van der Waals surface area contributed by atoms with Crippen molar-refractivity contribution in [3.63, 3.8) is 0 Å². The zero-order chi connectivity index (χ0) is 37.3. The third kappa shape index (κ3) is 7.27. The molecular formula is C45H64BNO4. The van der Waals surface area contributed by atoms with Gasteiger partial charge in [0.05, 0.1) is 34.5 Å². The lowest BCUT2D eigenvalue weighted by molar-refractivity contribution is -0.105. The monoisotopic (exact) mass is 693 g/mol. The highest BCUT2D eigenvalue weighted by atomic mass is 16.7. The molecule has 2 saturated heterocycles. The van der Waals surface area contributed by atoms with E-state index in [0.29, 0.717) is 12.5 Å². The van der Waals surface area contributed by atoms with Gasteiger partial charge in [-0.05, 0) is 116 Å². The molecule has 6 rings (SSSR count). The van der Waals surface area contributed by atoms with Crippen LogP contribution in [-0.2, 0) is 24.9 Å². The van der Waals surface area contributed by atoms with Crippen LogP contribution in [0, 0.1) is 5.41 Å². The fourth-order valence-electron chi connectivity index (χ4n) is 7.84. The average molecular weight is 694 g/mol. The second-order valence-electron chi connectivity index (χ2n) is 19.5. The summed E-state index contributed by atoms with van der Waals surface area (Å²) >= 11 is 0. The van der Waals surface area contributed by atoms with Gasteiger partial charge in [-0.25, -0.2) is 0 Å². The Morgan fingerprint density at radius 1 is 0.784 bits per heavy atom. The maximum atomic E-state index is 7.12. The third-order valence-electron chi connectivity index (χ3n) is 11.8. The van der Waals surface area contributed by atoms with E-state index in [9.17, 15) is 0 Å². The van der Waals surface area contributed by atoms with Gasteiger partial charge < -0.3 is 23.3 Å². The molecule has 0 amide bonds. The second-order valence-corrected chi connectivity index (χ2v) is 19.5. The van der Waals surface area contributed by atoms with Crippen LogP contribution in [0.5, 0.6) is 5.75 Å². The van der Waals surface area contributed by atoms with Crippen LogP contribution in [0.25, 0.3) is 27.5 Å². The van der Waals surface area contributed by atoms with E-state index in [1.165, 1.54) is 38.5 Å². The van der Waals surface area contributed by atoms with Gasteiger partial charge in [-0.3, -0.25) is 0 Å². The predicted molar refractivity (Wildman–Crippen MR) is 215 cm³/mol. The highest BCUT2D eigenvalue weighted by Gasteiger charge is 2.53. The Kier molecular flexibility index (Phi) is 9.86. The molecule has 0 radical (unpaired) electrons. The minimum atomic E-state index is -0.595. The van der Waals surface area contributed by atoms with Crippen LogP contribution in [0.1, 0.15) is 152 Å². The molecule has 0 N–H and O–H groups in total. The fourth-order valence-corrected chi connectivity index (χ4v) is 7.84. The maximum Gasteiger partial charge on any atom is 0.498 e. The Morgan fingerprint density at radius 2 is 1.33 bits per heavy atom. The van der Waals surface area contributed by atoms with Crippen molar-refractivity contribution in [1.29, 1.82) is 0 Å². The largest absolute Gasteiger partial charge is 0.498 e. The van der Waals surface area contributed by atoms with E-state index in [4.69, 9.17) is 18.8 Å². The van der Waals surface area contributed by atoms with Gasteiger partial charge in [0.2, 0.25) is 0 Å². The summed E-state index contributed by atoms with van der Waals surface area (Å²) in [6, 6.07) is 18.8. The first-order valence-corrected chi connectivity index (χ1v) is 19.5. The molecule has 2 unspecified atom stereocenters. The van der Waals surface area contributed by atoms with E-state index < -0.39 is 18.3 Å². The van der Waals surface area contributed by atoms with Crippen LogP contribution in [0.2, 0.25) is 0 Å². The number of ether oxygens (including phenoxy) is 2. The number of fused-ring (bicyclic) bond motifs is 3. The zero-order valence-corrected chi connectivity index (χ0v) is 34.2. The molecule has 3 aromatic carbocycles. The first-order valence-electron chi connectivity index (χ1n) is 19.5. The molecule has 2 atom stereocenters. The first-order chi connectivity index (χ1) is 23.6. The van der Waals surface area contributed by atoms with Gasteiger partial charge in [0, 0.05) is 22.7 Å². The number of benzene rings is 3. The quantitative estimate of drug-likeness (QED) is 0.181. The molecule has 51 heavy (non-hydrogen) atoms. The molecule has 2 aliphatic heterocycles. The second kappa shape index (κ2) is 13.3. The topological polar surface area (TPSA) is 41.9 Å².